The quantitative estimate of drug-likeness (QED) is 0.430. The summed E-state index contributed by atoms with van der Waals surface area (Å²) in [5.74, 6) is 0. The Kier molecular flexibility index (Phi) is 4.62. The third kappa shape index (κ3) is 3.01. The predicted octanol–water partition coefficient (Wildman–Crippen LogP) is 2.11. The molecule has 3 nitrogen and oxygen atoms in total. The molecule has 0 heterocycles. The molecule has 0 fully saturated rings. The van der Waals surface area contributed by atoms with Crippen LogP contribution in [0.5, 0.6) is 0 Å². The van der Waals surface area contributed by atoms with E-state index in [9.17, 15) is 0 Å². The van der Waals surface area contributed by atoms with E-state index < -0.39 is 5.41 Å². The van der Waals surface area contributed by atoms with Gasteiger partial charge >= 0.3 is 6.02 Å². The maximum atomic E-state index is 5.64. The van der Waals surface area contributed by atoms with E-state index in [0.29, 0.717) is 6.61 Å². The summed E-state index contributed by atoms with van der Waals surface area (Å²) in [6.07, 6.45) is 0. The first-order valence-electron chi connectivity index (χ1n) is 7.91. The normalized spacial score (nSPS) is 11.0. The fraction of sp³-hybridized carbons (Fsp3) is 0.0952. The van der Waals surface area contributed by atoms with Crippen LogP contribution in [0, 0.1) is 0 Å². The molecule has 120 valence electrons. The minimum Gasteiger partial charge on any atom is -0.430 e. The highest BCUT2D eigenvalue weighted by molar-refractivity contribution is 5.64. The zero-order valence-corrected chi connectivity index (χ0v) is 13.4. The average molecular weight is 317 g/mol. The van der Waals surface area contributed by atoms with Crippen molar-refractivity contribution >= 4 is 6.02 Å². The molecule has 0 aliphatic heterocycles. The standard InChI is InChI=1S/C21H20N2O/c22-20(23)24-16-21(17-10-4-1-5-11-17,18-12-6-2-7-13-18)19-14-8-3-9-15-19/h1-15H,16H2,(H3,22,23)/p+1. The molecule has 3 heteroatoms. The van der Waals surface area contributed by atoms with Gasteiger partial charge < -0.3 is 4.74 Å². The summed E-state index contributed by atoms with van der Waals surface area (Å²) in [7, 11) is 0. The summed E-state index contributed by atoms with van der Waals surface area (Å²) < 4.78 is 5.64. The second kappa shape index (κ2) is 7.01. The van der Waals surface area contributed by atoms with Gasteiger partial charge in [-0.15, -0.1) is 0 Å². The number of amidine groups is 1. The van der Waals surface area contributed by atoms with Crippen molar-refractivity contribution in [3.63, 3.8) is 0 Å². The summed E-state index contributed by atoms with van der Waals surface area (Å²) in [5, 5.41) is 5.61. The first kappa shape index (κ1) is 15.8. The average Bonchev–Trinajstić information content (AvgIpc) is 2.65. The molecule has 0 aliphatic carbocycles. The van der Waals surface area contributed by atoms with Crippen molar-refractivity contribution in [2.24, 2.45) is 5.73 Å². The van der Waals surface area contributed by atoms with Crippen LogP contribution in [0.25, 0.3) is 0 Å². The fourth-order valence-corrected chi connectivity index (χ4v) is 3.11. The third-order valence-electron chi connectivity index (χ3n) is 4.26. The molecular formula is C21H21N2O+. The molecule has 4 N–H and O–H groups in total. The van der Waals surface area contributed by atoms with Crippen LogP contribution in [-0.2, 0) is 10.2 Å². The van der Waals surface area contributed by atoms with Gasteiger partial charge in [-0.05, 0) is 16.7 Å². The molecule has 0 atom stereocenters. The molecule has 24 heavy (non-hydrogen) atoms. The minimum absolute atomic E-state index is 0.0258. The van der Waals surface area contributed by atoms with E-state index in [1.807, 2.05) is 54.6 Å². The van der Waals surface area contributed by atoms with Crippen molar-refractivity contribution in [1.29, 1.82) is 0 Å². The van der Waals surface area contributed by atoms with Crippen LogP contribution >= 0.6 is 0 Å². The second-order valence-corrected chi connectivity index (χ2v) is 5.69. The number of benzene rings is 3. The Morgan fingerprint density at radius 1 is 0.708 bits per heavy atom. The molecule has 0 aliphatic rings. The Morgan fingerprint density at radius 2 is 1.04 bits per heavy atom. The lowest BCUT2D eigenvalue weighted by molar-refractivity contribution is -0.143. The lowest BCUT2D eigenvalue weighted by Gasteiger charge is -2.35. The molecule has 0 aromatic heterocycles. The summed E-state index contributed by atoms with van der Waals surface area (Å²) in [4.78, 5) is 0. The number of hydrogen-bond donors (Lipinski definition) is 2. The van der Waals surface area contributed by atoms with Gasteiger partial charge in [0.15, 0.2) is 0 Å². The molecule has 3 aromatic rings. The first-order valence-corrected chi connectivity index (χ1v) is 7.91. The van der Waals surface area contributed by atoms with Gasteiger partial charge in [0.05, 0.1) is 5.41 Å². The molecule has 0 saturated heterocycles. The van der Waals surface area contributed by atoms with Crippen molar-refractivity contribution in [3.05, 3.63) is 108 Å². The first-order chi connectivity index (χ1) is 11.7. The largest absolute Gasteiger partial charge is 0.437 e. The minimum atomic E-state index is -0.492. The molecule has 0 unspecified atom stereocenters. The Balaban J connectivity index is 2.26. The van der Waals surface area contributed by atoms with Crippen molar-refractivity contribution in [2.45, 2.75) is 5.41 Å². The van der Waals surface area contributed by atoms with E-state index in [2.05, 4.69) is 36.4 Å². The van der Waals surface area contributed by atoms with E-state index in [1.165, 1.54) is 0 Å². The Labute approximate surface area is 142 Å². The zero-order chi connectivity index (χ0) is 16.8. The van der Waals surface area contributed by atoms with Crippen molar-refractivity contribution in [2.75, 3.05) is 6.61 Å². The molecule has 0 amide bonds. The maximum absolute atomic E-state index is 5.64. The lowest BCUT2D eigenvalue weighted by atomic mass is 9.70. The van der Waals surface area contributed by atoms with Crippen molar-refractivity contribution in [1.82, 2.24) is 0 Å². The van der Waals surface area contributed by atoms with Crippen LogP contribution in [-0.4, -0.2) is 12.6 Å². The Hall–Kier alpha value is -3.07. The highest BCUT2D eigenvalue weighted by Crippen LogP contribution is 2.39. The van der Waals surface area contributed by atoms with Crippen LogP contribution in [0.4, 0.5) is 0 Å². The van der Waals surface area contributed by atoms with Crippen molar-refractivity contribution < 1.29 is 10.1 Å². The molecular weight excluding hydrogens is 296 g/mol. The van der Waals surface area contributed by atoms with Gasteiger partial charge in [-0.25, -0.2) is 0 Å². The summed E-state index contributed by atoms with van der Waals surface area (Å²) in [6, 6.07) is 30.8. The summed E-state index contributed by atoms with van der Waals surface area (Å²) in [6.45, 7) is 0.327. The van der Waals surface area contributed by atoms with E-state index in [4.69, 9.17) is 15.9 Å². The second-order valence-electron chi connectivity index (χ2n) is 5.69. The van der Waals surface area contributed by atoms with E-state index in [-0.39, 0.29) is 6.02 Å². The molecule has 0 spiro atoms. The van der Waals surface area contributed by atoms with Crippen LogP contribution in [0.1, 0.15) is 16.7 Å². The number of hydrogen-bond acceptors (Lipinski definition) is 1. The van der Waals surface area contributed by atoms with Crippen LogP contribution in [0.2, 0.25) is 0 Å². The highest BCUT2D eigenvalue weighted by atomic mass is 16.5. The summed E-state index contributed by atoms with van der Waals surface area (Å²) >= 11 is 0. The SMILES string of the molecule is NC(=[NH2+])OCC(c1ccccc1)(c1ccccc1)c1ccccc1. The lowest BCUT2D eigenvalue weighted by Crippen LogP contribution is -2.49. The van der Waals surface area contributed by atoms with Crippen LogP contribution in [0.15, 0.2) is 91.0 Å². The van der Waals surface area contributed by atoms with Gasteiger partial charge in [0.2, 0.25) is 0 Å². The third-order valence-corrected chi connectivity index (χ3v) is 4.26. The monoisotopic (exact) mass is 317 g/mol. The van der Waals surface area contributed by atoms with E-state index >= 15 is 0 Å². The molecule has 0 bridgehead atoms. The molecule has 3 rings (SSSR count). The smallest absolute Gasteiger partial charge is 0.430 e. The predicted molar refractivity (Wildman–Crippen MR) is 96.3 cm³/mol. The van der Waals surface area contributed by atoms with Gasteiger partial charge in [-0.2, -0.15) is 0 Å². The topological polar surface area (TPSA) is 60.8 Å². The molecule has 3 aromatic carbocycles. The molecule has 0 saturated carbocycles. The van der Waals surface area contributed by atoms with Gasteiger partial charge in [0.1, 0.15) is 6.61 Å². The fourth-order valence-electron chi connectivity index (χ4n) is 3.11. The maximum Gasteiger partial charge on any atom is 0.437 e. The zero-order valence-electron chi connectivity index (χ0n) is 13.4. The van der Waals surface area contributed by atoms with Gasteiger partial charge in [0, 0.05) is 0 Å². The van der Waals surface area contributed by atoms with Gasteiger partial charge in [-0.1, -0.05) is 91.0 Å². The Morgan fingerprint density at radius 3 is 1.33 bits per heavy atom. The number of rotatable bonds is 5. The molecule has 0 radical (unpaired) electrons. The van der Waals surface area contributed by atoms with Gasteiger partial charge in [0.25, 0.3) is 0 Å². The highest BCUT2D eigenvalue weighted by Gasteiger charge is 2.37. The van der Waals surface area contributed by atoms with Crippen molar-refractivity contribution in [3.8, 4) is 0 Å². The van der Waals surface area contributed by atoms with E-state index in [0.717, 1.165) is 16.7 Å². The van der Waals surface area contributed by atoms with Crippen LogP contribution in [0.3, 0.4) is 0 Å². The van der Waals surface area contributed by atoms with Crippen LogP contribution < -0.4 is 11.1 Å². The number of ether oxygens (including phenoxy) is 1. The summed E-state index contributed by atoms with van der Waals surface area (Å²) in [5.41, 5.74) is 8.50. The Bertz CT molecular complexity index is 689. The number of nitrogens with two attached hydrogens (primary N) is 2. The van der Waals surface area contributed by atoms with Gasteiger partial charge in [-0.3, -0.25) is 11.1 Å². The van der Waals surface area contributed by atoms with E-state index in [1.54, 1.807) is 0 Å².